The minimum Gasteiger partial charge on any atom is -0.744 e. The molecule has 0 aliphatic rings. The summed E-state index contributed by atoms with van der Waals surface area (Å²) in [6.07, 6.45) is 0. The van der Waals surface area contributed by atoms with Crippen LogP contribution in [-0.2, 0) is 10.1 Å². The van der Waals surface area contributed by atoms with Gasteiger partial charge in [-0.3, -0.25) is 4.79 Å². The first-order chi connectivity index (χ1) is 8.97. The third kappa shape index (κ3) is 3.77. The van der Waals surface area contributed by atoms with Crippen LogP contribution >= 0.6 is 11.3 Å². The van der Waals surface area contributed by atoms with E-state index in [4.69, 9.17) is 0 Å². The minimum atomic E-state index is -4.55. The molecule has 21 heavy (non-hydrogen) atoms. The van der Waals surface area contributed by atoms with E-state index in [1.807, 2.05) is 0 Å². The Morgan fingerprint density at radius 3 is 2.43 bits per heavy atom. The summed E-state index contributed by atoms with van der Waals surface area (Å²) in [7, 11) is -4.55. The molecule has 1 heterocycles. The summed E-state index contributed by atoms with van der Waals surface area (Å²) in [6.45, 7) is 0. The number of rotatable bonds is 1. The van der Waals surface area contributed by atoms with Crippen LogP contribution in [-0.4, -0.2) is 13.0 Å². The molecule has 0 radical (unpaired) electrons. The van der Waals surface area contributed by atoms with Crippen molar-refractivity contribution in [3.63, 3.8) is 0 Å². The fraction of sp³-hybridized carbons (Fsp3) is 0. The third-order valence-electron chi connectivity index (χ3n) is 2.77. The molecule has 0 aliphatic carbocycles. The van der Waals surface area contributed by atoms with Gasteiger partial charge in [0, 0.05) is 10.1 Å². The summed E-state index contributed by atoms with van der Waals surface area (Å²) < 4.78 is 34.4. The third-order valence-corrected chi connectivity index (χ3v) is 4.74. The van der Waals surface area contributed by atoms with Gasteiger partial charge in [-0.2, -0.15) is 24.3 Å². The van der Waals surface area contributed by atoms with Crippen molar-refractivity contribution in [3.8, 4) is 0 Å². The Morgan fingerprint density at radius 2 is 1.76 bits per heavy atom. The fourth-order valence-electron chi connectivity index (χ4n) is 1.88. The zero-order valence-corrected chi connectivity index (χ0v) is 17.0. The average Bonchev–Trinajstić information content (AvgIpc) is 2.37. The molecule has 2 aromatic carbocycles. The van der Waals surface area contributed by atoms with Crippen LogP contribution in [0.2, 0.25) is 0 Å². The molecule has 0 N–H and O–H groups in total. The Balaban J connectivity index is 0.00000110. The van der Waals surface area contributed by atoms with Crippen LogP contribution in [0.1, 0.15) is 0 Å². The van der Waals surface area contributed by atoms with Crippen molar-refractivity contribution in [3.05, 3.63) is 52.7 Å². The maximum atomic E-state index is 12.3. The Labute approximate surface area is 169 Å². The number of fused-ring (bicyclic) bond motifs is 2. The predicted octanol–water partition coefficient (Wildman–Crippen LogP) is -3.87. The van der Waals surface area contributed by atoms with Gasteiger partial charge in [-0.15, -0.1) is 0 Å². The SMILES string of the molecule is O=c1c2cc[c-]cc2sc2ccc(S(=O)(=O)[O-])cc12.[Na+].[Na+]. The van der Waals surface area contributed by atoms with Crippen LogP contribution in [0.25, 0.3) is 20.2 Å². The van der Waals surface area contributed by atoms with Crippen LogP contribution in [0.15, 0.2) is 46.1 Å². The maximum Gasteiger partial charge on any atom is 1.00 e. The molecule has 96 valence electrons. The molecule has 1 aromatic heterocycles. The van der Waals surface area contributed by atoms with Gasteiger partial charge in [0.2, 0.25) is 0 Å². The van der Waals surface area contributed by atoms with Gasteiger partial charge in [-0.25, -0.2) is 19.8 Å². The molecule has 0 amide bonds. The second-order valence-corrected chi connectivity index (χ2v) is 6.43. The number of benzene rings is 2. The van der Waals surface area contributed by atoms with E-state index in [0.29, 0.717) is 10.1 Å². The molecule has 0 unspecified atom stereocenters. The second kappa shape index (κ2) is 7.21. The van der Waals surface area contributed by atoms with Gasteiger partial charge in [-0.1, -0.05) is 10.1 Å². The normalized spacial score (nSPS) is 10.9. The molecular weight excluding hydrogens is 330 g/mol. The summed E-state index contributed by atoms with van der Waals surface area (Å²) >= 11 is 1.36. The van der Waals surface area contributed by atoms with Gasteiger partial charge in [-0.05, 0) is 18.2 Å². The largest absolute Gasteiger partial charge is 1.00 e. The molecule has 0 bridgehead atoms. The summed E-state index contributed by atoms with van der Waals surface area (Å²) in [5.41, 5.74) is -0.275. The average molecular weight is 336 g/mol. The first-order valence-corrected chi connectivity index (χ1v) is 7.52. The van der Waals surface area contributed by atoms with E-state index in [9.17, 15) is 17.8 Å². The zero-order valence-electron chi connectivity index (χ0n) is 11.4. The Bertz CT molecular complexity index is 965. The fourth-order valence-corrected chi connectivity index (χ4v) is 3.41. The Hall–Kier alpha value is 0.240. The molecule has 3 aromatic rings. The first-order valence-electron chi connectivity index (χ1n) is 5.29. The first kappa shape index (κ1) is 19.3. The van der Waals surface area contributed by atoms with Gasteiger partial charge >= 0.3 is 59.1 Å². The minimum absolute atomic E-state index is 0. The quantitative estimate of drug-likeness (QED) is 0.197. The molecule has 0 aliphatic heterocycles. The van der Waals surface area contributed by atoms with Crippen molar-refractivity contribution in [1.82, 2.24) is 0 Å². The molecule has 0 fully saturated rings. The molecule has 0 atom stereocenters. The van der Waals surface area contributed by atoms with Crippen LogP contribution in [0, 0.1) is 6.07 Å². The monoisotopic (exact) mass is 336 g/mol. The summed E-state index contributed by atoms with van der Waals surface area (Å²) in [5, 5.41) is 0.748. The van der Waals surface area contributed by atoms with Crippen molar-refractivity contribution in [2.24, 2.45) is 0 Å². The summed E-state index contributed by atoms with van der Waals surface area (Å²) in [4.78, 5) is 11.9. The van der Waals surface area contributed by atoms with Crippen molar-refractivity contribution in [2.75, 3.05) is 0 Å². The second-order valence-electron chi connectivity index (χ2n) is 3.97. The van der Waals surface area contributed by atoms with E-state index in [2.05, 4.69) is 6.07 Å². The Morgan fingerprint density at radius 1 is 1.05 bits per heavy atom. The van der Waals surface area contributed by atoms with Gasteiger partial charge in [0.15, 0.2) is 5.43 Å². The van der Waals surface area contributed by atoms with Crippen molar-refractivity contribution in [1.29, 1.82) is 0 Å². The van der Waals surface area contributed by atoms with E-state index in [-0.39, 0.29) is 74.8 Å². The van der Waals surface area contributed by atoms with Crippen LogP contribution in [0.3, 0.4) is 0 Å². The van der Waals surface area contributed by atoms with Crippen LogP contribution < -0.4 is 64.5 Å². The standard InChI is InChI=1S/C13H7O4S2.2Na/c14-13-9-3-1-2-4-11(9)18-12-6-5-8(7-10(12)13)19(15,16)17;;/h1,3-7H,(H,15,16,17);;/q-1;2*+1/p-1. The molecule has 8 heteroatoms. The predicted molar refractivity (Wildman–Crippen MR) is 72.4 cm³/mol. The van der Waals surface area contributed by atoms with Crippen molar-refractivity contribution < 1.29 is 72.1 Å². The van der Waals surface area contributed by atoms with E-state index in [1.165, 1.54) is 23.5 Å². The number of hydrogen-bond acceptors (Lipinski definition) is 5. The van der Waals surface area contributed by atoms with Gasteiger partial charge in [0.05, 0.1) is 4.90 Å². The van der Waals surface area contributed by atoms with Crippen molar-refractivity contribution in [2.45, 2.75) is 4.90 Å². The van der Waals surface area contributed by atoms with E-state index in [0.717, 1.165) is 10.8 Å². The smallest absolute Gasteiger partial charge is 0.744 e. The van der Waals surface area contributed by atoms with Crippen LogP contribution in [0.5, 0.6) is 0 Å². The van der Waals surface area contributed by atoms with Gasteiger partial charge < -0.3 is 4.55 Å². The Kier molecular flexibility index (Phi) is 6.62. The molecule has 0 saturated carbocycles. The maximum absolute atomic E-state index is 12.3. The van der Waals surface area contributed by atoms with Crippen molar-refractivity contribution >= 4 is 41.6 Å². The van der Waals surface area contributed by atoms with E-state index in [1.54, 1.807) is 18.2 Å². The van der Waals surface area contributed by atoms with E-state index >= 15 is 0 Å². The van der Waals surface area contributed by atoms with Crippen LogP contribution in [0.4, 0.5) is 0 Å². The van der Waals surface area contributed by atoms with E-state index < -0.39 is 10.1 Å². The zero-order chi connectivity index (χ0) is 13.6. The molecule has 0 spiro atoms. The van der Waals surface area contributed by atoms with Gasteiger partial charge in [0.1, 0.15) is 10.1 Å². The number of hydrogen-bond donors (Lipinski definition) is 0. The summed E-state index contributed by atoms with van der Waals surface area (Å²) in [6, 6.07) is 11.7. The van der Waals surface area contributed by atoms with Gasteiger partial charge in [0.25, 0.3) is 0 Å². The molecule has 0 saturated heterocycles. The molecular formula is C13H6Na2O4S2. The molecule has 3 rings (SSSR count). The topological polar surface area (TPSA) is 74.3 Å². The molecule has 4 nitrogen and oxygen atoms in total. The summed E-state index contributed by atoms with van der Waals surface area (Å²) in [5.74, 6) is 0.